The average Bonchev–Trinajstić information content (AvgIpc) is 3.04. The Kier molecular flexibility index (Phi) is 3.74. The number of nitrogens with zero attached hydrogens (tertiary/aromatic N) is 4. The fourth-order valence-electron chi connectivity index (χ4n) is 2.38. The van der Waals surface area contributed by atoms with Crippen molar-refractivity contribution in [1.29, 1.82) is 0 Å². The first-order valence-corrected chi connectivity index (χ1v) is 7.87. The second-order valence-electron chi connectivity index (χ2n) is 7.02. The molecule has 0 saturated heterocycles. The van der Waals surface area contributed by atoms with E-state index in [1.165, 1.54) is 0 Å². The number of aromatic nitrogens is 4. The Balaban J connectivity index is 1.83. The molecular formula is C16H22N4O3. The van der Waals surface area contributed by atoms with E-state index in [0.29, 0.717) is 23.4 Å². The molecule has 2 heterocycles. The van der Waals surface area contributed by atoms with Gasteiger partial charge in [0, 0.05) is 12.8 Å². The fraction of sp³-hybridized carbons (Fsp3) is 0.625. The minimum Gasteiger partial charge on any atom is -0.448 e. The maximum Gasteiger partial charge on any atom is 0.357 e. The van der Waals surface area contributed by atoms with Crippen LogP contribution in [0.1, 0.15) is 80.5 Å². The molecule has 0 spiro atoms. The van der Waals surface area contributed by atoms with Crippen LogP contribution in [-0.2, 0) is 10.3 Å². The first-order chi connectivity index (χ1) is 10.8. The SMILES string of the molecule is Cc1nnc([C@H](C)OC(=O)c2cc(C3CC3)nn2C(C)(C)C)o1. The molecule has 7 heteroatoms. The molecule has 0 amide bonds. The molecule has 2 aromatic heterocycles. The van der Waals surface area contributed by atoms with Gasteiger partial charge in [0.05, 0.1) is 11.2 Å². The van der Waals surface area contributed by atoms with Crippen LogP contribution in [0.4, 0.5) is 0 Å². The highest BCUT2D eigenvalue weighted by atomic mass is 16.6. The van der Waals surface area contributed by atoms with Crippen molar-refractivity contribution in [3.05, 3.63) is 29.2 Å². The van der Waals surface area contributed by atoms with Crippen LogP contribution < -0.4 is 0 Å². The smallest absolute Gasteiger partial charge is 0.357 e. The molecule has 0 aliphatic heterocycles. The molecule has 2 aromatic rings. The average molecular weight is 318 g/mol. The van der Waals surface area contributed by atoms with Gasteiger partial charge in [-0.3, -0.25) is 4.68 Å². The molecule has 1 aliphatic rings. The summed E-state index contributed by atoms with van der Waals surface area (Å²) >= 11 is 0. The van der Waals surface area contributed by atoms with Gasteiger partial charge in [-0.2, -0.15) is 5.10 Å². The van der Waals surface area contributed by atoms with E-state index in [1.54, 1.807) is 18.5 Å². The molecule has 7 nitrogen and oxygen atoms in total. The van der Waals surface area contributed by atoms with Gasteiger partial charge in [-0.05, 0) is 46.6 Å². The van der Waals surface area contributed by atoms with E-state index < -0.39 is 12.1 Å². The lowest BCUT2D eigenvalue weighted by atomic mass is 10.1. The molecule has 1 fully saturated rings. The van der Waals surface area contributed by atoms with Crippen molar-refractivity contribution < 1.29 is 13.9 Å². The van der Waals surface area contributed by atoms with Crippen LogP contribution in [0.2, 0.25) is 0 Å². The van der Waals surface area contributed by atoms with Gasteiger partial charge in [-0.1, -0.05) is 0 Å². The lowest BCUT2D eigenvalue weighted by molar-refractivity contribution is 0.0255. The Morgan fingerprint density at radius 2 is 2.09 bits per heavy atom. The third kappa shape index (κ3) is 3.28. The van der Waals surface area contributed by atoms with Crippen molar-refractivity contribution in [3.8, 4) is 0 Å². The fourth-order valence-corrected chi connectivity index (χ4v) is 2.38. The molecule has 124 valence electrons. The van der Waals surface area contributed by atoms with Gasteiger partial charge in [0.2, 0.25) is 5.89 Å². The topological polar surface area (TPSA) is 83.0 Å². The van der Waals surface area contributed by atoms with Crippen molar-refractivity contribution in [2.24, 2.45) is 0 Å². The zero-order valence-corrected chi connectivity index (χ0v) is 14.2. The summed E-state index contributed by atoms with van der Waals surface area (Å²) in [4.78, 5) is 12.6. The lowest BCUT2D eigenvalue weighted by Crippen LogP contribution is -2.28. The van der Waals surface area contributed by atoms with E-state index in [-0.39, 0.29) is 5.54 Å². The molecule has 1 atom stereocenters. The van der Waals surface area contributed by atoms with E-state index >= 15 is 0 Å². The van der Waals surface area contributed by atoms with Crippen molar-refractivity contribution in [3.63, 3.8) is 0 Å². The molecule has 0 radical (unpaired) electrons. The van der Waals surface area contributed by atoms with Gasteiger partial charge < -0.3 is 9.15 Å². The van der Waals surface area contributed by atoms with Crippen LogP contribution in [0.5, 0.6) is 0 Å². The summed E-state index contributed by atoms with van der Waals surface area (Å²) in [5.74, 6) is 0.780. The first kappa shape index (κ1) is 15.7. The molecule has 23 heavy (non-hydrogen) atoms. The standard InChI is InChI=1S/C16H22N4O3/c1-9(14-18-17-10(2)23-14)22-15(21)13-8-12(11-6-7-11)19-20(13)16(3,4)5/h8-9,11H,6-7H2,1-5H3/t9-/m0/s1. The van der Waals surface area contributed by atoms with Gasteiger partial charge in [-0.25, -0.2) is 4.79 Å². The molecule has 0 unspecified atom stereocenters. The van der Waals surface area contributed by atoms with Crippen LogP contribution in [-0.4, -0.2) is 25.9 Å². The summed E-state index contributed by atoms with van der Waals surface area (Å²) in [6, 6.07) is 1.84. The van der Waals surface area contributed by atoms with Gasteiger partial charge in [0.15, 0.2) is 6.10 Å². The minimum atomic E-state index is -0.601. The first-order valence-electron chi connectivity index (χ1n) is 7.87. The molecule has 0 N–H and O–H groups in total. The van der Waals surface area contributed by atoms with Crippen molar-refractivity contribution in [2.75, 3.05) is 0 Å². The summed E-state index contributed by atoms with van der Waals surface area (Å²) in [5, 5.41) is 12.3. The number of hydrogen-bond donors (Lipinski definition) is 0. The minimum absolute atomic E-state index is 0.292. The number of aryl methyl sites for hydroxylation is 1. The Hall–Kier alpha value is -2.18. The Bertz CT molecular complexity index is 722. The van der Waals surface area contributed by atoms with E-state index in [4.69, 9.17) is 9.15 Å². The zero-order chi connectivity index (χ0) is 16.8. The predicted octanol–water partition coefficient (Wildman–Crippen LogP) is 3.12. The predicted molar refractivity (Wildman–Crippen MR) is 82.1 cm³/mol. The van der Waals surface area contributed by atoms with Crippen molar-refractivity contribution in [1.82, 2.24) is 20.0 Å². The van der Waals surface area contributed by atoms with Gasteiger partial charge in [0.1, 0.15) is 5.69 Å². The van der Waals surface area contributed by atoms with Gasteiger partial charge in [-0.15, -0.1) is 10.2 Å². The molecular weight excluding hydrogens is 296 g/mol. The monoisotopic (exact) mass is 318 g/mol. The van der Waals surface area contributed by atoms with Crippen molar-refractivity contribution in [2.45, 2.75) is 65.0 Å². The summed E-state index contributed by atoms with van der Waals surface area (Å²) in [5.41, 5.74) is 1.13. The Labute approximate surface area is 135 Å². The van der Waals surface area contributed by atoms with E-state index in [0.717, 1.165) is 18.5 Å². The van der Waals surface area contributed by atoms with Crippen LogP contribution in [0.25, 0.3) is 0 Å². The second kappa shape index (κ2) is 5.47. The quantitative estimate of drug-likeness (QED) is 0.805. The van der Waals surface area contributed by atoms with Crippen LogP contribution >= 0.6 is 0 Å². The third-order valence-electron chi connectivity index (χ3n) is 3.74. The van der Waals surface area contributed by atoms with Crippen LogP contribution in [0, 0.1) is 6.92 Å². The molecule has 0 bridgehead atoms. The van der Waals surface area contributed by atoms with Crippen LogP contribution in [0.15, 0.2) is 10.5 Å². The lowest BCUT2D eigenvalue weighted by Gasteiger charge is -2.22. The highest BCUT2D eigenvalue weighted by Crippen LogP contribution is 2.40. The molecule has 1 aliphatic carbocycles. The summed E-state index contributed by atoms with van der Waals surface area (Å²) < 4.78 is 12.5. The van der Waals surface area contributed by atoms with Crippen LogP contribution in [0.3, 0.4) is 0 Å². The molecule has 0 aromatic carbocycles. The number of carbonyl (C=O) groups is 1. The van der Waals surface area contributed by atoms with E-state index in [9.17, 15) is 4.79 Å². The highest BCUT2D eigenvalue weighted by molar-refractivity contribution is 5.88. The number of esters is 1. The summed E-state index contributed by atoms with van der Waals surface area (Å²) in [7, 11) is 0. The Morgan fingerprint density at radius 3 is 2.61 bits per heavy atom. The summed E-state index contributed by atoms with van der Waals surface area (Å²) in [6.45, 7) is 9.45. The second-order valence-corrected chi connectivity index (χ2v) is 7.02. The van der Waals surface area contributed by atoms with Gasteiger partial charge >= 0.3 is 5.97 Å². The number of ether oxygens (including phenoxy) is 1. The maximum atomic E-state index is 12.6. The number of rotatable bonds is 4. The molecule has 1 saturated carbocycles. The van der Waals surface area contributed by atoms with E-state index in [2.05, 4.69) is 15.3 Å². The normalized spacial score (nSPS) is 16.4. The number of carbonyl (C=O) groups excluding carboxylic acids is 1. The summed E-state index contributed by atoms with van der Waals surface area (Å²) in [6.07, 6.45) is 1.66. The maximum absolute atomic E-state index is 12.6. The number of hydrogen-bond acceptors (Lipinski definition) is 6. The van der Waals surface area contributed by atoms with E-state index in [1.807, 2.05) is 26.8 Å². The largest absolute Gasteiger partial charge is 0.448 e. The highest BCUT2D eigenvalue weighted by Gasteiger charge is 2.32. The van der Waals surface area contributed by atoms with Gasteiger partial charge in [0.25, 0.3) is 5.89 Å². The Morgan fingerprint density at radius 1 is 1.39 bits per heavy atom. The third-order valence-corrected chi connectivity index (χ3v) is 3.74. The molecule has 3 rings (SSSR count). The van der Waals surface area contributed by atoms with Crippen molar-refractivity contribution >= 4 is 5.97 Å². The zero-order valence-electron chi connectivity index (χ0n) is 14.2.